The molecule has 18 heavy (non-hydrogen) atoms. The van der Waals surface area contributed by atoms with E-state index >= 15 is 0 Å². The van der Waals surface area contributed by atoms with Gasteiger partial charge in [-0.1, -0.05) is 29.8 Å². The fourth-order valence-corrected chi connectivity index (χ4v) is 1.86. The third-order valence-electron chi connectivity index (χ3n) is 2.55. The van der Waals surface area contributed by atoms with Crippen LogP contribution < -0.4 is 10.5 Å². The van der Waals surface area contributed by atoms with E-state index in [-0.39, 0.29) is 18.5 Å². The number of nitrogens with two attached hydrogens (primary N) is 1. The van der Waals surface area contributed by atoms with E-state index in [1.165, 1.54) is 12.1 Å². The van der Waals surface area contributed by atoms with Crippen LogP contribution in [-0.2, 0) is 0 Å². The lowest BCUT2D eigenvalue weighted by molar-refractivity contribution is 0.290. The van der Waals surface area contributed by atoms with Gasteiger partial charge in [0.25, 0.3) is 0 Å². The van der Waals surface area contributed by atoms with Crippen LogP contribution in [0.15, 0.2) is 48.5 Å². The zero-order valence-corrected chi connectivity index (χ0v) is 10.4. The molecule has 0 bridgehead atoms. The van der Waals surface area contributed by atoms with Gasteiger partial charge in [-0.05, 0) is 35.9 Å². The Morgan fingerprint density at radius 3 is 2.44 bits per heavy atom. The monoisotopic (exact) mass is 265 g/mol. The summed E-state index contributed by atoms with van der Waals surface area (Å²) in [4.78, 5) is 0. The van der Waals surface area contributed by atoms with Crippen LogP contribution >= 0.6 is 11.6 Å². The Morgan fingerprint density at radius 1 is 1.11 bits per heavy atom. The summed E-state index contributed by atoms with van der Waals surface area (Å²) in [7, 11) is 0. The predicted octanol–water partition coefficient (Wildman–Crippen LogP) is 3.56. The van der Waals surface area contributed by atoms with Gasteiger partial charge in [0.2, 0.25) is 0 Å². The lowest BCUT2D eigenvalue weighted by Gasteiger charge is -2.14. The van der Waals surface area contributed by atoms with E-state index in [0.29, 0.717) is 10.8 Å². The molecule has 2 aromatic rings. The lowest BCUT2D eigenvalue weighted by Crippen LogP contribution is -2.19. The number of halogens is 2. The minimum atomic E-state index is -0.316. The molecule has 0 aliphatic carbocycles. The maximum absolute atomic E-state index is 12.7. The average molecular weight is 266 g/mol. The van der Waals surface area contributed by atoms with E-state index in [2.05, 4.69) is 0 Å². The van der Waals surface area contributed by atoms with Crippen LogP contribution in [0.3, 0.4) is 0 Å². The summed E-state index contributed by atoms with van der Waals surface area (Å²) in [6.45, 7) is 0.287. The number of hydrogen-bond donors (Lipinski definition) is 1. The van der Waals surface area contributed by atoms with E-state index < -0.39 is 0 Å². The molecule has 0 aliphatic heterocycles. The lowest BCUT2D eigenvalue weighted by atomic mass is 10.1. The predicted molar refractivity (Wildman–Crippen MR) is 70.3 cm³/mol. The smallest absolute Gasteiger partial charge is 0.123 e. The molecule has 4 heteroatoms. The van der Waals surface area contributed by atoms with Crippen molar-refractivity contribution in [2.45, 2.75) is 6.04 Å². The van der Waals surface area contributed by atoms with Gasteiger partial charge in [-0.2, -0.15) is 0 Å². The first kappa shape index (κ1) is 12.9. The van der Waals surface area contributed by atoms with Crippen molar-refractivity contribution in [2.75, 3.05) is 6.61 Å². The SMILES string of the molecule is NC(COc1ccc(F)cc1)c1ccccc1Cl. The largest absolute Gasteiger partial charge is 0.492 e. The van der Waals surface area contributed by atoms with E-state index in [1.54, 1.807) is 18.2 Å². The summed E-state index contributed by atoms with van der Waals surface area (Å²) in [5.74, 6) is 0.289. The van der Waals surface area contributed by atoms with Crippen LogP contribution in [0.4, 0.5) is 4.39 Å². The average Bonchev–Trinajstić information content (AvgIpc) is 2.38. The van der Waals surface area contributed by atoms with Gasteiger partial charge in [-0.15, -0.1) is 0 Å². The van der Waals surface area contributed by atoms with Gasteiger partial charge in [0, 0.05) is 5.02 Å². The molecular weight excluding hydrogens is 253 g/mol. The van der Waals surface area contributed by atoms with Crippen molar-refractivity contribution in [3.8, 4) is 5.75 Å². The Morgan fingerprint density at radius 2 is 1.78 bits per heavy atom. The van der Waals surface area contributed by atoms with Gasteiger partial charge in [-0.25, -0.2) is 4.39 Å². The molecule has 0 radical (unpaired) electrons. The van der Waals surface area contributed by atoms with E-state index in [4.69, 9.17) is 22.1 Å². The highest BCUT2D eigenvalue weighted by atomic mass is 35.5. The standard InChI is InChI=1S/C14H13ClFNO/c15-13-4-2-1-3-12(13)14(17)9-18-11-7-5-10(16)6-8-11/h1-8,14H,9,17H2. The maximum Gasteiger partial charge on any atom is 0.123 e. The molecule has 0 aliphatic rings. The van der Waals surface area contributed by atoms with E-state index in [0.717, 1.165) is 5.56 Å². The van der Waals surface area contributed by atoms with Crippen molar-refractivity contribution in [1.82, 2.24) is 0 Å². The zero-order chi connectivity index (χ0) is 13.0. The second-order valence-corrected chi connectivity index (χ2v) is 4.30. The zero-order valence-electron chi connectivity index (χ0n) is 9.64. The summed E-state index contributed by atoms with van der Waals surface area (Å²) in [5, 5.41) is 0.618. The second kappa shape index (κ2) is 5.85. The molecule has 1 atom stereocenters. The Kier molecular flexibility index (Phi) is 4.18. The summed E-state index contributed by atoms with van der Waals surface area (Å²) < 4.78 is 18.2. The highest BCUT2D eigenvalue weighted by Gasteiger charge is 2.10. The molecule has 0 saturated heterocycles. The van der Waals surface area contributed by atoms with E-state index in [9.17, 15) is 4.39 Å². The summed E-state index contributed by atoms with van der Waals surface area (Å²) in [6.07, 6.45) is 0. The molecule has 1 unspecified atom stereocenters. The Bertz CT molecular complexity index is 515. The fourth-order valence-electron chi connectivity index (χ4n) is 1.58. The van der Waals surface area contributed by atoms with Crippen LogP contribution in [0, 0.1) is 5.82 Å². The molecular formula is C14H13ClFNO. The fraction of sp³-hybridized carbons (Fsp3) is 0.143. The van der Waals surface area contributed by atoms with Gasteiger partial charge in [0.1, 0.15) is 18.2 Å². The Labute approximate surface area is 110 Å². The van der Waals surface area contributed by atoms with Gasteiger partial charge < -0.3 is 10.5 Å². The number of benzene rings is 2. The molecule has 0 aromatic heterocycles. The van der Waals surface area contributed by atoms with Crippen molar-refractivity contribution >= 4 is 11.6 Å². The molecule has 94 valence electrons. The van der Waals surface area contributed by atoms with Crippen LogP contribution in [0.5, 0.6) is 5.75 Å². The Hall–Kier alpha value is -1.58. The molecule has 0 fully saturated rings. The third-order valence-corrected chi connectivity index (χ3v) is 2.89. The summed E-state index contributed by atoms with van der Waals surface area (Å²) in [6, 6.07) is 12.9. The second-order valence-electron chi connectivity index (χ2n) is 3.89. The number of hydrogen-bond acceptors (Lipinski definition) is 2. The third kappa shape index (κ3) is 3.22. The highest BCUT2D eigenvalue weighted by Crippen LogP contribution is 2.22. The van der Waals surface area contributed by atoms with Crippen LogP contribution in [0.2, 0.25) is 5.02 Å². The highest BCUT2D eigenvalue weighted by molar-refractivity contribution is 6.31. The van der Waals surface area contributed by atoms with Gasteiger partial charge >= 0.3 is 0 Å². The first-order valence-electron chi connectivity index (χ1n) is 5.55. The maximum atomic E-state index is 12.7. The van der Waals surface area contributed by atoms with Crippen molar-refractivity contribution in [1.29, 1.82) is 0 Å². The van der Waals surface area contributed by atoms with Crippen molar-refractivity contribution in [3.63, 3.8) is 0 Å². The first-order valence-corrected chi connectivity index (χ1v) is 5.93. The molecule has 2 N–H and O–H groups in total. The topological polar surface area (TPSA) is 35.2 Å². The number of rotatable bonds is 4. The quantitative estimate of drug-likeness (QED) is 0.917. The minimum absolute atomic E-state index is 0.287. The van der Waals surface area contributed by atoms with Crippen molar-refractivity contribution in [3.05, 3.63) is 64.9 Å². The molecule has 0 saturated carbocycles. The summed E-state index contributed by atoms with van der Waals surface area (Å²) in [5.41, 5.74) is 6.82. The normalized spacial score (nSPS) is 12.2. The first-order chi connectivity index (χ1) is 8.66. The molecule has 0 spiro atoms. The molecule has 2 nitrogen and oxygen atoms in total. The molecule has 0 heterocycles. The van der Waals surface area contributed by atoms with Crippen LogP contribution in [0.25, 0.3) is 0 Å². The van der Waals surface area contributed by atoms with Crippen LogP contribution in [0.1, 0.15) is 11.6 Å². The van der Waals surface area contributed by atoms with Crippen molar-refractivity contribution < 1.29 is 9.13 Å². The minimum Gasteiger partial charge on any atom is -0.492 e. The van der Waals surface area contributed by atoms with Crippen LogP contribution in [-0.4, -0.2) is 6.61 Å². The van der Waals surface area contributed by atoms with Gasteiger partial charge in [-0.3, -0.25) is 0 Å². The molecule has 0 amide bonds. The number of ether oxygens (including phenoxy) is 1. The molecule has 2 rings (SSSR count). The molecule has 2 aromatic carbocycles. The van der Waals surface area contributed by atoms with Gasteiger partial charge in [0.15, 0.2) is 0 Å². The van der Waals surface area contributed by atoms with E-state index in [1.807, 2.05) is 18.2 Å². The van der Waals surface area contributed by atoms with Gasteiger partial charge in [0.05, 0.1) is 6.04 Å². The van der Waals surface area contributed by atoms with Crippen molar-refractivity contribution in [2.24, 2.45) is 5.73 Å². The summed E-state index contributed by atoms with van der Waals surface area (Å²) >= 11 is 6.04. The Balaban J connectivity index is 1.98.